The number of carbonyl (C=O) groups is 2. The van der Waals surface area contributed by atoms with Crippen LogP contribution in [0, 0.1) is 0 Å². The molecule has 2 amide bonds. The molecule has 5 heteroatoms. The first-order chi connectivity index (χ1) is 9.47. The van der Waals surface area contributed by atoms with Crippen LogP contribution in [0.5, 0.6) is 0 Å². The Morgan fingerprint density at radius 2 is 1.80 bits per heavy atom. The summed E-state index contributed by atoms with van der Waals surface area (Å²) >= 11 is 0. The quantitative estimate of drug-likeness (QED) is 0.709. The second-order valence-corrected chi connectivity index (χ2v) is 4.70. The van der Waals surface area contributed by atoms with Gasteiger partial charge in [-0.05, 0) is 43.0 Å². The number of hydrogen-bond donors (Lipinski definition) is 3. The van der Waals surface area contributed by atoms with Crippen molar-refractivity contribution in [1.29, 1.82) is 0 Å². The van der Waals surface area contributed by atoms with Crippen molar-refractivity contribution in [3.05, 3.63) is 29.3 Å². The highest BCUT2D eigenvalue weighted by Gasteiger charge is 2.14. The predicted molar refractivity (Wildman–Crippen MR) is 78.5 cm³/mol. The first-order valence-corrected chi connectivity index (χ1v) is 6.86. The van der Waals surface area contributed by atoms with Gasteiger partial charge in [-0.25, -0.2) is 0 Å². The number of aliphatic hydroxyl groups is 1. The fraction of sp³-hybridized carbons (Fsp3) is 0.467. The van der Waals surface area contributed by atoms with Crippen molar-refractivity contribution in [2.75, 3.05) is 11.9 Å². The Morgan fingerprint density at radius 3 is 2.35 bits per heavy atom. The Labute approximate surface area is 119 Å². The molecular weight excluding hydrogens is 256 g/mol. The summed E-state index contributed by atoms with van der Waals surface area (Å²) in [5.41, 5.74) is 3.01. The van der Waals surface area contributed by atoms with E-state index in [9.17, 15) is 9.59 Å². The molecule has 0 heterocycles. The Bertz CT molecular complexity index is 484. The molecule has 20 heavy (non-hydrogen) atoms. The number of rotatable bonds is 5. The lowest BCUT2D eigenvalue weighted by Gasteiger charge is -2.11. The fourth-order valence-electron chi connectivity index (χ4n) is 1.89. The van der Waals surface area contributed by atoms with Gasteiger partial charge in [-0.3, -0.25) is 9.59 Å². The first kappa shape index (κ1) is 16.2. The normalized spacial score (nSPS) is 11.8. The van der Waals surface area contributed by atoms with Gasteiger partial charge in [0.25, 0.3) is 0 Å². The Balaban J connectivity index is 2.68. The summed E-state index contributed by atoms with van der Waals surface area (Å²) in [6, 6.07) is 5.64. The molecular formula is C15H22N2O3. The van der Waals surface area contributed by atoms with Gasteiger partial charge >= 0.3 is 11.8 Å². The van der Waals surface area contributed by atoms with Crippen molar-refractivity contribution >= 4 is 17.5 Å². The van der Waals surface area contributed by atoms with E-state index < -0.39 is 17.9 Å². The summed E-state index contributed by atoms with van der Waals surface area (Å²) in [6.45, 7) is 5.72. The molecule has 3 N–H and O–H groups in total. The van der Waals surface area contributed by atoms with Crippen LogP contribution in [0.25, 0.3) is 0 Å². The lowest BCUT2D eigenvalue weighted by atomic mass is 10.0. The number of amides is 2. The van der Waals surface area contributed by atoms with Crippen LogP contribution in [0.15, 0.2) is 18.2 Å². The summed E-state index contributed by atoms with van der Waals surface area (Å²) in [5, 5.41) is 14.0. The van der Waals surface area contributed by atoms with E-state index in [0.717, 1.165) is 18.4 Å². The van der Waals surface area contributed by atoms with Crippen molar-refractivity contribution in [3.8, 4) is 0 Å². The van der Waals surface area contributed by atoms with Crippen molar-refractivity contribution in [2.45, 2.75) is 39.7 Å². The van der Waals surface area contributed by atoms with Gasteiger partial charge in [-0.1, -0.05) is 19.9 Å². The topological polar surface area (TPSA) is 78.4 Å². The molecule has 0 saturated carbocycles. The van der Waals surface area contributed by atoms with Gasteiger partial charge in [0.15, 0.2) is 0 Å². The molecule has 0 aliphatic rings. The third-order valence-corrected chi connectivity index (χ3v) is 2.99. The maximum absolute atomic E-state index is 11.7. The zero-order chi connectivity index (χ0) is 15.1. The van der Waals surface area contributed by atoms with Crippen LogP contribution in [0.2, 0.25) is 0 Å². The number of anilines is 1. The van der Waals surface area contributed by atoms with Crippen LogP contribution in [0.1, 0.15) is 31.9 Å². The standard InChI is InChI=1S/C15H22N2O3/c1-4-11-6-7-13(8-12(11)5-2)17-15(20)14(19)16-9-10(3)18/h6-8,10,18H,4-5,9H2,1-3H3,(H,16,19)(H,17,20). The average Bonchev–Trinajstić information content (AvgIpc) is 2.44. The zero-order valence-corrected chi connectivity index (χ0v) is 12.2. The second kappa shape index (κ2) is 7.65. The number of aryl methyl sites for hydroxylation is 2. The predicted octanol–water partition coefficient (Wildman–Crippen LogP) is 1.25. The second-order valence-electron chi connectivity index (χ2n) is 4.70. The van der Waals surface area contributed by atoms with Crippen molar-refractivity contribution in [1.82, 2.24) is 5.32 Å². The summed E-state index contributed by atoms with van der Waals surface area (Å²) < 4.78 is 0. The zero-order valence-electron chi connectivity index (χ0n) is 12.2. The number of aliphatic hydroxyl groups excluding tert-OH is 1. The summed E-state index contributed by atoms with van der Waals surface area (Å²) in [6.07, 6.45) is 1.13. The Hall–Kier alpha value is -1.88. The average molecular weight is 278 g/mol. The van der Waals surface area contributed by atoms with E-state index in [2.05, 4.69) is 24.5 Å². The minimum absolute atomic E-state index is 0.0568. The van der Waals surface area contributed by atoms with Crippen molar-refractivity contribution in [3.63, 3.8) is 0 Å². The minimum atomic E-state index is -0.747. The molecule has 1 rings (SSSR count). The van der Waals surface area contributed by atoms with Gasteiger partial charge in [-0.2, -0.15) is 0 Å². The molecule has 0 saturated heterocycles. The summed E-state index contributed by atoms with van der Waals surface area (Å²) in [5.74, 6) is -1.47. The third kappa shape index (κ3) is 4.66. The molecule has 0 bridgehead atoms. The van der Waals surface area contributed by atoms with Crippen LogP contribution in [0.3, 0.4) is 0 Å². The molecule has 0 fully saturated rings. The lowest BCUT2D eigenvalue weighted by Crippen LogP contribution is -2.38. The first-order valence-electron chi connectivity index (χ1n) is 6.86. The van der Waals surface area contributed by atoms with Gasteiger partial charge in [-0.15, -0.1) is 0 Å². The summed E-state index contributed by atoms with van der Waals surface area (Å²) in [7, 11) is 0. The molecule has 1 aromatic carbocycles. The molecule has 0 aliphatic carbocycles. The highest BCUT2D eigenvalue weighted by molar-refractivity contribution is 6.39. The molecule has 5 nitrogen and oxygen atoms in total. The number of benzene rings is 1. The SMILES string of the molecule is CCc1ccc(NC(=O)C(=O)NCC(C)O)cc1CC. The largest absolute Gasteiger partial charge is 0.392 e. The van der Waals surface area contributed by atoms with Crippen LogP contribution >= 0.6 is 0 Å². The van der Waals surface area contributed by atoms with E-state index in [0.29, 0.717) is 5.69 Å². The van der Waals surface area contributed by atoms with Crippen LogP contribution in [-0.2, 0) is 22.4 Å². The number of carbonyl (C=O) groups excluding carboxylic acids is 2. The number of nitrogens with one attached hydrogen (secondary N) is 2. The van der Waals surface area contributed by atoms with Gasteiger partial charge in [0.2, 0.25) is 0 Å². The number of hydrogen-bond acceptors (Lipinski definition) is 3. The van der Waals surface area contributed by atoms with E-state index in [1.165, 1.54) is 12.5 Å². The smallest absolute Gasteiger partial charge is 0.313 e. The van der Waals surface area contributed by atoms with E-state index in [4.69, 9.17) is 5.11 Å². The van der Waals surface area contributed by atoms with Crippen molar-refractivity contribution < 1.29 is 14.7 Å². The monoisotopic (exact) mass is 278 g/mol. The fourth-order valence-corrected chi connectivity index (χ4v) is 1.89. The van der Waals surface area contributed by atoms with E-state index in [-0.39, 0.29) is 6.54 Å². The van der Waals surface area contributed by atoms with E-state index >= 15 is 0 Å². The van der Waals surface area contributed by atoms with Crippen LogP contribution < -0.4 is 10.6 Å². The third-order valence-electron chi connectivity index (χ3n) is 2.99. The molecule has 0 spiro atoms. The maximum Gasteiger partial charge on any atom is 0.313 e. The minimum Gasteiger partial charge on any atom is -0.392 e. The maximum atomic E-state index is 11.7. The molecule has 1 aromatic rings. The van der Waals surface area contributed by atoms with Gasteiger partial charge in [0, 0.05) is 12.2 Å². The molecule has 0 aliphatic heterocycles. The highest BCUT2D eigenvalue weighted by Crippen LogP contribution is 2.17. The van der Waals surface area contributed by atoms with Crippen molar-refractivity contribution in [2.24, 2.45) is 0 Å². The van der Waals surface area contributed by atoms with Gasteiger partial charge < -0.3 is 15.7 Å². The Kier molecular flexibility index (Phi) is 6.18. The molecule has 0 radical (unpaired) electrons. The molecule has 0 aromatic heterocycles. The van der Waals surface area contributed by atoms with Gasteiger partial charge in [0.1, 0.15) is 0 Å². The highest BCUT2D eigenvalue weighted by atomic mass is 16.3. The van der Waals surface area contributed by atoms with Crippen LogP contribution in [0.4, 0.5) is 5.69 Å². The Morgan fingerprint density at radius 1 is 1.15 bits per heavy atom. The van der Waals surface area contributed by atoms with E-state index in [1.54, 1.807) is 6.07 Å². The molecule has 110 valence electrons. The van der Waals surface area contributed by atoms with Crippen LogP contribution in [-0.4, -0.2) is 29.6 Å². The van der Waals surface area contributed by atoms with E-state index in [1.807, 2.05) is 12.1 Å². The van der Waals surface area contributed by atoms with Gasteiger partial charge in [0.05, 0.1) is 6.10 Å². The molecule has 1 unspecified atom stereocenters. The lowest BCUT2D eigenvalue weighted by molar-refractivity contribution is -0.136. The summed E-state index contributed by atoms with van der Waals surface area (Å²) in [4.78, 5) is 23.2. The molecule has 1 atom stereocenters.